The molecular formula is C21H20FN3O3. The Bertz CT molecular complexity index is 988. The second-order valence-electron chi connectivity index (χ2n) is 6.15. The number of carbonyl (C=O) groups excluding carboxylic acids is 1. The molecule has 28 heavy (non-hydrogen) atoms. The van der Waals surface area contributed by atoms with Crippen LogP contribution >= 0.6 is 0 Å². The molecule has 7 heteroatoms. The highest BCUT2D eigenvalue weighted by atomic mass is 19.1. The van der Waals surface area contributed by atoms with Crippen LogP contribution in [0.5, 0.6) is 5.75 Å². The Labute approximate surface area is 161 Å². The van der Waals surface area contributed by atoms with Crippen molar-refractivity contribution < 1.29 is 13.9 Å². The summed E-state index contributed by atoms with van der Waals surface area (Å²) in [5.74, 6) is -0.0201. The van der Waals surface area contributed by atoms with E-state index in [-0.39, 0.29) is 30.4 Å². The summed E-state index contributed by atoms with van der Waals surface area (Å²) in [6, 6.07) is 17.9. The lowest BCUT2D eigenvalue weighted by molar-refractivity contribution is -0.127. The van der Waals surface area contributed by atoms with Crippen LogP contribution in [0, 0.1) is 5.82 Å². The third-order valence-electron chi connectivity index (χ3n) is 4.05. The number of hydrogen-bond acceptors (Lipinski definition) is 4. The monoisotopic (exact) mass is 381 g/mol. The number of carbonyl (C=O) groups is 1. The maximum atomic E-state index is 13.1. The summed E-state index contributed by atoms with van der Waals surface area (Å²) in [5, 5.41) is 7.01. The Morgan fingerprint density at radius 1 is 1.11 bits per heavy atom. The zero-order chi connectivity index (χ0) is 19.9. The Morgan fingerprint density at radius 2 is 1.82 bits per heavy atom. The fourth-order valence-corrected chi connectivity index (χ4v) is 2.57. The number of nitrogens with one attached hydrogen (secondary N) is 1. The minimum Gasteiger partial charge on any atom is -0.481 e. The summed E-state index contributed by atoms with van der Waals surface area (Å²) in [5.41, 5.74) is 0.962. The molecule has 1 atom stereocenters. The van der Waals surface area contributed by atoms with Crippen molar-refractivity contribution in [3.63, 3.8) is 0 Å². The number of nitrogens with zero attached hydrogens (tertiary/aromatic N) is 2. The van der Waals surface area contributed by atoms with Gasteiger partial charge in [0.05, 0.1) is 12.2 Å². The van der Waals surface area contributed by atoms with Crippen LogP contribution in [0.1, 0.15) is 6.92 Å². The Balaban J connectivity index is 1.58. The lowest BCUT2D eigenvalue weighted by Gasteiger charge is -2.15. The highest BCUT2D eigenvalue weighted by molar-refractivity contribution is 5.80. The normalized spacial score (nSPS) is 11.6. The van der Waals surface area contributed by atoms with Gasteiger partial charge in [0.1, 0.15) is 11.6 Å². The minimum atomic E-state index is -0.669. The van der Waals surface area contributed by atoms with Crippen LogP contribution in [0.15, 0.2) is 71.5 Å². The van der Waals surface area contributed by atoms with Gasteiger partial charge in [-0.3, -0.25) is 9.59 Å². The van der Waals surface area contributed by atoms with E-state index in [1.165, 1.54) is 22.9 Å². The molecule has 0 spiro atoms. The topological polar surface area (TPSA) is 73.2 Å². The molecule has 0 radical (unpaired) electrons. The molecule has 2 aromatic carbocycles. The van der Waals surface area contributed by atoms with Crippen LogP contribution in [0.3, 0.4) is 0 Å². The summed E-state index contributed by atoms with van der Waals surface area (Å²) in [6.07, 6.45) is -0.669. The predicted molar refractivity (Wildman–Crippen MR) is 103 cm³/mol. The van der Waals surface area contributed by atoms with Crippen LogP contribution in [0.2, 0.25) is 0 Å². The third kappa shape index (κ3) is 5.03. The second kappa shape index (κ2) is 8.94. The first-order chi connectivity index (χ1) is 13.5. The molecule has 0 aliphatic heterocycles. The van der Waals surface area contributed by atoms with Crippen LogP contribution in [-0.2, 0) is 11.3 Å². The smallest absolute Gasteiger partial charge is 0.266 e. The van der Waals surface area contributed by atoms with Gasteiger partial charge in [-0.2, -0.15) is 5.10 Å². The molecule has 0 fully saturated rings. The lowest BCUT2D eigenvalue weighted by Crippen LogP contribution is -2.39. The minimum absolute atomic E-state index is 0.206. The van der Waals surface area contributed by atoms with Gasteiger partial charge >= 0.3 is 0 Å². The number of ether oxygens (including phenoxy) is 1. The van der Waals surface area contributed by atoms with E-state index in [2.05, 4.69) is 10.4 Å². The highest BCUT2D eigenvalue weighted by Gasteiger charge is 2.14. The first-order valence-corrected chi connectivity index (χ1v) is 8.86. The number of halogens is 1. The van der Waals surface area contributed by atoms with E-state index in [4.69, 9.17) is 4.74 Å². The zero-order valence-electron chi connectivity index (χ0n) is 15.3. The Hall–Kier alpha value is -3.48. The van der Waals surface area contributed by atoms with Gasteiger partial charge < -0.3 is 10.1 Å². The van der Waals surface area contributed by atoms with E-state index in [1.54, 1.807) is 37.3 Å². The van der Waals surface area contributed by atoms with Gasteiger partial charge in [0.15, 0.2) is 6.10 Å². The first-order valence-electron chi connectivity index (χ1n) is 8.86. The molecule has 1 amide bonds. The first kappa shape index (κ1) is 19.3. The van der Waals surface area contributed by atoms with Gasteiger partial charge in [-0.25, -0.2) is 9.07 Å². The summed E-state index contributed by atoms with van der Waals surface area (Å²) >= 11 is 0. The molecule has 0 saturated heterocycles. The fraction of sp³-hybridized carbons (Fsp3) is 0.190. The summed E-state index contributed by atoms with van der Waals surface area (Å²) in [6.45, 7) is 2.08. The molecule has 6 nitrogen and oxygen atoms in total. The van der Waals surface area contributed by atoms with E-state index in [0.717, 1.165) is 0 Å². The molecular weight excluding hydrogens is 361 g/mol. The van der Waals surface area contributed by atoms with Crippen molar-refractivity contribution in [3.05, 3.63) is 82.9 Å². The van der Waals surface area contributed by atoms with Gasteiger partial charge in [0.2, 0.25) is 0 Å². The van der Waals surface area contributed by atoms with Crippen molar-refractivity contribution in [2.75, 3.05) is 6.54 Å². The molecule has 0 aliphatic rings. The van der Waals surface area contributed by atoms with Crippen LogP contribution in [0.4, 0.5) is 4.39 Å². The Kier molecular flexibility index (Phi) is 6.16. The van der Waals surface area contributed by atoms with E-state index < -0.39 is 6.10 Å². The van der Waals surface area contributed by atoms with Crippen LogP contribution in [0.25, 0.3) is 11.3 Å². The number of amides is 1. The number of rotatable bonds is 7. The number of aromatic nitrogens is 2. The standard InChI is InChI=1S/C21H20FN3O3/c1-15(28-18-5-3-2-4-6-18)21(27)23-13-14-25-20(26)12-11-19(24-25)16-7-9-17(22)10-8-16/h2-12,15H,13-14H2,1H3,(H,23,27). The van der Waals surface area contributed by atoms with Crippen molar-refractivity contribution in [1.82, 2.24) is 15.1 Å². The molecule has 1 N–H and O–H groups in total. The molecule has 0 saturated carbocycles. The molecule has 3 rings (SSSR count). The fourth-order valence-electron chi connectivity index (χ4n) is 2.57. The molecule has 1 heterocycles. The molecule has 144 valence electrons. The van der Waals surface area contributed by atoms with Crippen LogP contribution in [-0.4, -0.2) is 28.3 Å². The second-order valence-corrected chi connectivity index (χ2v) is 6.15. The summed E-state index contributed by atoms with van der Waals surface area (Å²) in [4.78, 5) is 24.2. The Morgan fingerprint density at radius 3 is 2.54 bits per heavy atom. The van der Waals surface area contributed by atoms with Crippen LogP contribution < -0.4 is 15.6 Å². The molecule has 1 unspecified atom stereocenters. The predicted octanol–water partition coefficient (Wildman–Crippen LogP) is 2.63. The summed E-state index contributed by atoms with van der Waals surface area (Å²) < 4.78 is 19.9. The van der Waals surface area contributed by atoms with E-state index in [0.29, 0.717) is 17.0 Å². The number of hydrogen-bond donors (Lipinski definition) is 1. The summed E-state index contributed by atoms with van der Waals surface area (Å²) in [7, 11) is 0. The SMILES string of the molecule is CC(Oc1ccccc1)C(=O)NCCn1nc(-c2ccc(F)cc2)ccc1=O. The van der Waals surface area contributed by atoms with Crippen molar-refractivity contribution in [1.29, 1.82) is 0 Å². The van der Waals surface area contributed by atoms with Gasteiger partial charge in [-0.05, 0) is 49.4 Å². The van der Waals surface area contributed by atoms with E-state index >= 15 is 0 Å². The van der Waals surface area contributed by atoms with Crippen molar-refractivity contribution in [2.45, 2.75) is 19.6 Å². The maximum absolute atomic E-state index is 13.1. The van der Waals surface area contributed by atoms with E-state index in [9.17, 15) is 14.0 Å². The molecule has 0 bridgehead atoms. The van der Waals surface area contributed by atoms with Crippen molar-refractivity contribution >= 4 is 5.91 Å². The van der Waals surface area contributed by atoms with Gasteiger partial charge in [-0.1, -0.05) is 18.2 Å². The highest BCUT2D eigenvalue weighted by Crippen LogP contribution is 2.15. The van der Waals surface area contributed by atoms with Crippen molar-refractivity contribution in [3.8, 4) is 17.0 Å². The average Bonchev–Trinajstić information content (AvgIpc) is 2.70. The van der Waals surface area contributed by atoms with Crippen molar-refractivity contribution in [2.24, 2.45) is 0 Å². The van der Waals surface area contributed by atoms with Gasteiger partial charge in [0, 0.05) is 18.2 Å². The molecule has 3 aromatic rings. The molecule has 0 aliphatic carbocycles. The largest absolute Gasteiger partial charge is 0.481 e. The maximum Gasteiger partial charge on any atom is 0.266 e. The van der Waals surface area contributed by atoms with Gasteiger partial charge in [-0.15, -0.1) is 0 Å². The zero-order valence-corrected chi connectivity index (χ0v) is 15.3. The van der Waals surface area contributed by atoms with Gasteiger partial charge in [0.25, 0.3) is 11.5 Å². The lowest BCUT2D eigenvalue weighted by atomic mass is 10.1. The number of para-hydroxylation sites is 1. The third-order valence-corrected chi connectivity index (χ3v) is 4.05. The van der Waals surface area contributed by atoms with E-state index in [1.807, 2.05) is 18.2 Å². The molecule has 1 aromatic heterocycles. The quantitative estimate of drug-likeness (QED) is 0.683. The average molecular weight is 381 g/mol. The number of benzene rings is 2.